The van der Waals surface area contributed by atoms with Crippen LogP contribution >= 0.6 is 11.8 Å². The molecular weight excluding hydrogens is 562 g/mol. The maximum absolute atomic E-state index is 13.4. The third-order valence-corrected chi connectivity index (χ3v) is 7.66. The van der Waals surface area contributed by atoms with Gasteiger partial charge in [0.25, 0.3) is 17.5 Å². The van der Waals surface area contributed by atoms with Crippen LogP contribution in [0.25, 0.3) is 22.4 Å². The van der Waals surface area contributed by atoms with Gasteiger partial charge in [0.2, 0.25) is 5.89 Å². The standard InChI is InChI=1S/C30H19N3O8S/c1-39-25-14-23-24(15-26(25)40-2)31-27(41-30(23)36)16-3-12-21-22(13-16)29(35)32(28(21)34)17-4-8-19(9-5-17)42-20-10-6-18(7-11-20)33(37)38/h3-15H,1-2H3. The molecule has 5 aromatic rings. The lowest BCUT2D eigenvalue weighted by Gasteiger charge is -2.14. The summed E-state index contributed by atoms with van der Waals surface area (Å²) in [7, 11) is 2.92. The Balaban J connectivity index is 1.27. The van der Waals surface area contributed by atoms with E-state index < -0.39 is 22.4 Å². The SMILES string of the molecule is COc1cc2nc(-c3ccc4c(c3)C(=O)N(c3ccc(Sc5ccc([N+](=O)[O-])cc5)cc3)C4=O)oc(=O)c2cc1OC. The van der Waals surface area contributed by atoms with E-state index in [4.69, 9.17) is 13.9 Å². The fourth-order valence-electron chi connectivity index (χ4n) is 4.57. The molecule has 0 atom stereocenters. The summed E-state index contributed by atoms with van der Waals surface area (Å²) in [6.45, 7) is 0. The number of fused-ring (bicyclic) bond motifs is 2. The van der Waals surface area contributed by atoms with Crippen LogP contribution in [0.2, 0.25) is 0 Å². The van der Waals surface area contributed by atoms with E-state index in [0.717, 1.165) is 14.7 Å². The number of carbonyl (C=O) groups is 2. The Bertz CT molecular complexity index is 1970. The average Bonchev–Trinajstić information content (AvgIpc) is 3.25. The number of nitro benzene ring substituents is 1. The molecule has 0 N–H and O–H groups in total. The molecule has 0 radical (unpaired) electrons. The molecule has 2 heterocycles. The van der Waals surface area contributed by atoms with E-state index in [0.29, 0.717) is 28.3 Å². The van der Waals surface area contributed by atoms with E-state index in [2.05, 4.69) is 4.98 Å². The number of ether oxygens (including phenoxy) is 2. The number of nitrogens with zero attached hydrogens (tertiary/aromatic N) is 3. The number of rotatable bonds is 7. The lowest BCUT2D eigenvalue weighted by atomic mass is 10.1. The zero-order valence-electron chi connectivity index (χ0n) is 22.0. The van der Waals surface area contributed by atoms with Crippen molar-refractivity contribution in [2.75, 3.05) is 19.1 Å². The summed E-state index contributed by atoms with van der Waals surface area (Å²) in [5.74, 6) is -0.291. The number of nitro groups is 1. The van der Waals surface area contributed by atoms with Crippen molar-refractivity contribution in [3.63, 3.8) is 0 Å². The van der Waals surface area contributed by atoms with Crippen LogP contribution in [0.4, 0.5) is 11.4 Å². The number of anilines is 1. The second-order valence-corrected chi connectivity index (χ2v) is 10.2. The molecule has 0 unspecified atom stereocenters. The van der Waals surface area contributed by atoms with E-state index in [1.165, 1.54) is 56.3 Å². The first kappa shape index (κ1) is 26.7. The predicted octanol–water partition coefficient (Wildman–Crippen LogP) is 5.73. The number of hydrogen-bond donors (Lipinski definition) is 0. The Hall–Kier alpha value is -5.49. The quantitative estimate of drug-likeness (QED) is 0.133. The van der Waals surface area contributed by atoms with Gasteiger partial charge in [-0.1, -0.05) is 11.8 Å². The molecule has 208 valence electrons. The van der Waals surface area contributed by atoms with Gasteiger partial charge in [-0.15, -0.1) is 0 Å². The molecular formula is C30H19N3O8S. The topological polar surface area (TPSA) is 142 Å². The number of non-ortho nitro benzene ring substituents is 1. The second kappa shape index (κ2) is 10.5. The van der Waals surface area contributed by atoms with Gasteiger partial charge >= 0.3 is 5.63 Å². The molecule has 42 heavy (non-hydrogen) atoms. The van der Waals surface area contributed by atoms with Gasteiger partial charge in [-0.2, -0.15) is 0 Å². The Morgan fingerprint density at radius 2 is 1.43 bits per heavy atom. The van der Waals surface area contributed by atoms with Crippen LogP contribution in [-0.4, -0.2) is 35.9 Å². The number of hydrogen-bond acceptors (Lipinski definition) is 10. The van der Waals surface area contributed by atoms with Gasteiger partial charge in [-0.3, -0.25) is 19.7 Å². The molecule has 11 nitrogen and oxygen atoms in total. The van der Waals surface area contributed by atoms with Crippen molar-refractivity contribution in [1.29, 1.82) is 0 Å². The minimum Gasteiger partial charge on any atom is -0.493 e. The van der Waals surface area contributed by atoms with Gasteiger partial charge in [-0.25, -0.2) is 14.7 Å². The Kier molecular flexibility index (Phi) is 6.67. The number of amides is 2. The predicted molar refractivity (Wildman–Crippen MR) is 154 cm³/mol. The zero-order chi connectivity index (χ0) is 29.5. The summed E-state index contributed by atoms with van der Waals surface area (Å²) in [5, 5.41) is 11.1. The summed E-state index contributed by atoms with van der Waals surface area (Å²) in [5.41, 5.74) is 0.763. The summed E-state index contributed by atoms with van der Waals surface area (Å²) < 4.78 is 16.0. The second-order valence-electron chi connectivity index (χ2n) is 9.08. The van der Waals surface area contributed by atoms with Gasteiger partial charge in [-0.05, 0) is 54.6 Å². The van der Waals surface area contributed by atoms with Crippen molar-refractivity contribution in [3.05, 3.63) is 111 Å². The normalized spacial score (nSPS) is 12.5. The lowest BCUT2D eigenvalue weighted by molar-refractivity contribution is -0.384. The highest BCUT2D eigenvalue weighted by Gasteiger charge is 2.37. The third-order valence-electron chi connectivity index (χ3n) is 6.64. The van der Waals surface area contributed by atoms with E-state index >= 15 is 0 Å². The fraction of sp³-hybridized carbons (Fsp3) is 0.0667. The van der Waals surface area contributed by atoms with Crippen LogP contribution in [0.15, 0.2) is 97.9 Å². The molecule has 0 aliphatic carbocycles. The summed E-state index contributed by atoms with van der Waals surface area (Å²) in [6.07, 6.45) is 0. The van der Waals surface area contributed by atoms with Crippen molar-refractivity contribution >= 4 is 45.9 Å². The van der Waals surface area contributed by atoms with Gasteiger partial charge < -0.3 is 13.9 Å². The van der Waals surface area contributed by atoms with Crippen LogP contribution in [0, 0.1) is 10.1 Å². The highest BCUT2D eigenvalue weighted by Crippen LogP contribution is 2.35. The fourth-order valence-corrected chi connectivity index (χ4v) is 5.38. The van der Waals surface area contributed by atoms with E-state index in [-0.39, 0.29) is 28.1 Å². The van der Waals surface area contributed by atoms with Gasteiger partial charge in [0.15, 0.2) is 11.5 Å². The molecule has 0 bridgehead atoms. The van der Waals surface area contributed by atoms with Crippen molar-refractivity contribution in [2.45, 2.75) is 9.79 Å². The third kappa shape index (κ3) is 4.63. The highest BCUT2D eigenvalue weighted by atomic mass is 32.2. The minimum atomic E-state index is -0.646. The summed E-state index contributed by atoms with van der Waals surface area (Å²) in [6, 6.07) is 20.6. The molecule has 6 rings (SSSR count). The first-order chi connectivity index (χ1) is 20.3. The van der Waals surface area contributed by atoms with Crippen LogP contribution in [0.5, 0.6) is 11.5 Å². The Labute approximate surface area is 241 Å². The smallest absolute Gasteiger partial charge is 0.347 e. The summed E-state index contributed by atoms with van der Waals surface area (Å²) >= 11 is 1.39. The molecule has 1 aliphatic heterocycles. The van der Waals surface area contributed by atoms with Crippen LogP contribution in [0.1, 0.15) is 20.7 Å². The minimum absolute atomic E-state index is 0.00270. The first-order valence-electron chi connectivity index (χ1n) is 12.4. The first-order valence-corrected chi connectivity index (χ1v) is 13.2. The number of benzene rings is 4. The summed E-state index contributed by atoms with van der Waals surface area (Å²) in [4.78, 5) is 56.9. The van der Waals surface area contributed by atoms with Gasteiger partial charge in [0, 0.05) is 39.6 Å². The largest absolute Gasteiger partial charge is 0.493 e. The number of aromatic nitrogens is 1. The monoisotopic (exact) mass is 581 g/mol. The molecule has 4 aromatic carbocycles. The van der Waals surface area contributed by atoms with Gasteiger partial charge in [0.1, 0.15) is 0 Å². The van der Waals surface area contributed by atoms with Crippen LogP contribution in [0.3, 0.4) is 0 Å². The lowest BCUT2D eigenvalue weighted by Crippen LogP contribution is -2.29. The van der Waals surface area contributed by atoms with Gasteiger partial charge in [0.05, 0.1) is 46.9 Å². The van der Waals surface area contributed by atoms with Crippen molar-refractivity contribution in [1.82, 2.24) is 4.98 Å². The molecule has 12 heteroatoms. The zero-order valence-corrected chi connectivity index (χ0v) is 22.8. The van der Waals surface area contributed by atoms with Crippen LogP contribution < -0.4 is 20.0 Å². The van der Waals surface area contributed by atoms with Crippen molar-refractivity contribution in [3.8, 4) is 23.0 Å². The molecule has 0 saturated carbocycles. The van der Waals surface area contributed by atoms with Crippen molar-refractivity contribution in [2.24, 2.45) is 0 Å². The van der Waals surface area contributed by atoms with E-state index in [1.54, 1.807) is 48.5 Å². The number of methoxy groups -OCH3 is 2. The van der Waals surface area contributed by atoms with Crippen molar-refractivity contribution < 1.29 is 28.4 Å². The molecule has 1 aliphatic rings. The maximum atomic E-state index is 13.4. The van der Waals surface area contributed by atoms with Crippen LogP contribution in [-0.2, 0) is 0 Å². The highest BCUT2D eigenvalue weighted by molar-refractivity contribution is 7.99. The van der Waals surface area contributed by atoms with E-state index in [9.17, 15) is 24.5 Å². The molecule has 0 fully saturated rings. The van der Waals surface area contributed by atoms with E-state index in [1.807, 2.05) is 0 Å². The molecule has 0 spiro atoms. The molecule has 1 aromatic heterocycles. The molecule has 2 amide bonds. The Morgan fingerprint density at radius 3 is 2.07 bits per heavy atom. The Morgan fingerprint density at radius 1 is 0.810 bits per heavy atom. The number of carbonyl (C=O) groups excluding carboxylic acids is 2. The molecule has 0 saturated heterocycles. The average molecular weight is 582 g/mol. The maximum Gasteiger partial charge on any atom is 0.347 e. The number of imide groups is 1.